The predicted octanol–water partition coefficient (Wildman–Crippen LogP) is 1.72. The normalized spacial score (nSPS) is 10.6. The maximum atomic E-state index is 13.1. The Morgan fingerprint density at radius 3 is 3.00 bits per heavy atom. The van der Waals surface area contributed by atoms with Crippen molar-refractivity contribution < 1.29 is 4.39 Å². The molecule has 2 aromatic rings. The molecule has 1 N–H and O–H groups in total. The van der Waals surface area contributed by atoms with Crippen LogP contribution in [0.5, 0.6) is 0 Å². The number of nitrogens with one attached hydrogen (secondary N) is 1. The molecule has 0 saturated heterocycles. The SMILES string of the molecule is O=c1[nH]cnc2c(F)cc(Cl)cc12. The molecule has 2 rings (SSSR count). The first kappa shape index (κ1) is 8.19. The van der Waals surface area contributed by atoms with Gasteiger partial charge >= 0.3 is 0 Å². The third kappa shape index (κ3) is 1.29. The Kier molecular flexibility index (Phi) is 1.77. The van der Waals surface area contributed by atoms with Gasteiger partial charge in [-0.2, -0.15) is 0 Å². The zero-order chi connectivity index (χ0) is 9.42. The average Bonchev–Trinajstić information content (AvgIpc) is 2.07. The summed E-state index contributed by atoms with van der Waals surface area (Å²) in [6.45, 7) is 0. The van der Waals surface area contributed by atoms with E-state index < -0.39 is 11.4 Å². The van der Waals surface area contributed by atoms with Gasteiger partial charge in [0.2, 0.25) is 0 Å². The number of halogens is 2. The Labute approximate surface area is 77.2 Å². The number of fused-ring (bicyclic) bond motifs is 1. The molecule has 1 heterocycles. The van der Waals surface area contributed by atoms with Gasteiger partial charge in [0, 0.05) is 5.02 Å². The van der Waals surface area contributed by atoms with Crippen molar-refractivity contribution in [1.82, 2.24) is 9.97 Å². The minimum atomic E-state index is -0.589. The molecule has 0 aliphatic rings. The van der Waals surface area contributed by atoms with E-state index in [1.165, 1.54) is 6.07 Å². The van der Waals surface area contributed by atoms with E-state index in [2.05, 4.69) is 9.97 Å². The second kappa shape index (κ2) is 2.81. The summed E-state index contributed by atoms with van der Waals surface area (Å²) in [6, 6.07) is 2.50. The largest absolute Gasteiger partial charge is 0.313 e. The quantitative estimate of drug-likeness (QED) is 0.701. The summed E-state index contributed by atoms with van der Waals surface area (Å²) in [5.41, 5.74) is -0.362. The highest BCUT2D eigenvalue weighted by atomic mass is 35.5. The first-order valence-corrected chi connectivity index (χ1v) is 3.89. The van der Waals surface area contributed by atoms with Gasteiger partial charge in [-0.1, -0.05) is 11.6 Å². The van der Waals surface area contributed by atoms with Crippen molar-refractivity contribution in [2.24, 2.45) is 0 Å². The van der Waals surface area contributed by atoms with Crippen LogP contribution in [0.2, 0.25) is 5.02 Å². The lowest BCUT2D eigenvalue weighted by molar-refractivity contribution is 0.636. The molecule has 0 fully saturated rings. The molecule has 0 radical (unpaired) electrons. The van der Waals surface area contributed by atoms with Crippen LogP contribution in [0.4, 0.5) is 4.39 Å². The molecule has 0 aliphatic heterocycles. The Morgan fingerprint density at radius 1 is 1.46 bits per heavy atom. The number of benzene rings is 1. The molecule has 3 nitrogen and oxygen atoms in total. The number of rotatable bonds is 0. The number of aromatic amines is 1. The molecule has 1 aromatic carbocycles. The molecule has 0 unspecified atom stereocenters. The lowest BCUT2D eigenvalue weighted by atomic mass is 10.2. The molecule has 0 bridgehead atoms. The average molecular weight is 199 g/mol. The fourth-order valence-corrected chi connectivity index (χ4v) is 1.31. The molecular weight excluding hydrogens is 195 g/mol. The van der Waals surface area contributed by atoms with Crippen molar-refractivity contribution in [3.8, 4) is 0 Å². The number of hydrogen-bond donors (Lipinski definition) is 1. The Bertz CT molecular complexity index is 523. The number of aromatic nitrogens is 2. The van der Waals surface area contributed by atoms with Gasteiger partial charge in [0.25, 0.3) is 5.56 Å². The second-order valence-electron chi connectivity index (χ2n) is 2.52. The van der Waals surface area contributed by atoms with E-state index >= 15 is 0 Å². The van der Waals surface area contributed by atoms with E-state index in [0.717, 1.165) is 12.4 Å². The molecule has 13 heavy (non-hydrogen) atoms. The number of hydrogen-bond acceptors (Lipinski definition) is 2. The number of nitrogens with zero attached hydrogens (tertiary/aromatic N) is 1. The van der Waals surface area contributed by atoms with Gasteiger partial charge in [-0.05, 0) is 12.1 Å². The molecule has 0 spiro atoms. The molecule has 0 saturated carbocycles. The lowest BCUT2D eigenvalue weighted by Crippen LogP contribution is -2.06. The zero-order valence-corrected chi connectivity index (χ0v) is 7.10. The maximum Gasteiger partial charge on any atom is 0.258 e. The van der Waals surface area contributed by atoms with E-state index in [0.29, 0.717) is 0 Å². The standard InChI is InChI=1S/C8H4ClFN2O/c9-4-1-5-7(6(10)2-4)11-3-12-8(5)13/h1-3H,(H,11,12,13). The minimum Gasteiger partial charge on any atom is -0.313 e. The van der Waals surface area contributed by atoms with Crippen LogP contribution >= 0.6 is 11.6 Å². The zero-order valence-electron chi connectivity index (χ0n) is 6.34. The highest BCUT2D eigenvalue weighted by Crippen LogP contribution is 2.17. The summed E-state index contributed by atoms with van der Waals surface area (Å²) in [4.78, 5) is 17.2. The van der Waals surface area contributed by atoms with Gasteiger partial charge in [0.15, 0.2) is 5.82 Å². The van der Waals surface area contributed by atoms with Crippen molar-refractivity contribution >= 4 is 22.5 Å². The Hall–Kier alpha value is -1.42. The highest BCUT2D eigenvalue weighted by Gasteiger charge is 2.06. The van der Waals surface area contributed by atoms with Crippen LogP contribution in [-0.4, -0.2) is 9.97 Å². The Balaban J connectivity index is 3.03. The van der Waals surface area contributed by atoms with E-state index in [1.54, 1.807) is 0 Å². The van der Waals surface area contributed by atoms with Crippen LogP contribution in [0.25, 0.3) is 10.9 Å². The molecule has 1 aromatic heterocycles. The van der Waals surface area contributed by atoms with Crippen molar-refractivity contribution in [3.05, 3.63) is 39.7 Å². The van der Waals surface area contributed by atoms with Gasteiger partial charge in [-0.3, -0.25) is 4.79 Å². The molecule has 0 aliphatic carbocycles. The smallest absolute Gasteiger partial charge is 0.258 e. The molecule has 5 heteroatoms. The van der Waals surface area contributed by atoms with E-state index in [4.69, 9.17) is 11.6 Å². The monoisotopic (exact) mass is 198 g/mol. The van der Waals surface area contributed by atoms with E-state index in [-0.39, 0.29) is 15.9 Å². The first-order valence-electron chi connectivity index (χ1n) is 3.51. The summed E-state index contributed by atoms with van der Waals surface area (Å²) in [5, 5.41) is 0.344. The lowest BCUT2D eigenvalue weighted by Gasteiger charge is -1.97. The first-order chi connectivity index (χ1) is 6.18. The van der Waals surface area contributed by atoms with E-state index in [1.807, 2.05) is 0 Å². The van der Waals surface area contributed by atoms with Gasteiger partial charge < -0.3 is 4.98 Å². The van der Waals surface area contributed by atoms with Gasteiger partial charge in [0.1, 0.15) is 5.52 Å². The van der Waals surface area contributed by atoms with Crippen molar-refractivity contribution in [2.75, 3.05) is 0 Å². The molecule has 0 amide bonds. The maximum absolute atomic E-state index is 13.1. The summed E-state index contributed by atoms with van der Waals surface area (Å²) in [5.74, 6) is -0.589. The van der Waals surface area contributed by atoms with Crippen molar-refractivity contribution in [2.45, 2.75) is 0 Å². The van der Waals surface area contributed by atoms with Gasteiger partial charge in [-0.15, -0.1) is 0 Å². The molecular formula is C8H4ClFN2O. The fraction of sp³-hybridized carbons (Fsp3) is 0. The fourth-order valence-electron chi connectivity index (χ4n) is 1.10. The van der Waals surface area contributed by atoms with Crippen LogP contribution in [0.3, 0.4) is 0 Å². The van der Waals surface area contributed by atoms with Crippen LogP contribution in [0, 0.1) is 5.82 Å². The van der Waals surface area contributed by atoms with Crippen molar-refractivity contribution in [3.63, 3.8) is 0 Å². The number of H-pyrrole nitrogens is 1. The van der Waals surface area contributed by atoms with Gasteiger partial charge in [0.05, 0.1) is 11.7 Å². The third-order valence-electron chi connectivity index (χ3n) is 1.66. The summed E-state index contributed by atoms with van der Waals surface area (Å²) >= 11 is 5.58. The predicted molar refractivity (Wildman–Crippen MR) is 47.3 cm³/mol. The summed E-state index contributed by atoms with van der Waals surface area (Å²) in [7, 11) is 0. The van der Waals surface area contributed by atoms with Gasteiger partial charge in [-0.25, -0.2) is 9.37 Å². The van der Waals surface area contributed by atoms with Crippen LogP contribution in [-0.2, 0) is 0 Å². The Morgan fingerprint density at radius 2 is 2.23 bits per heavy atom. The minimum absolute atomic E-state index is 0.0353. The molecule has 0 atom stereocenters. The van der Waals surface area contributed by atoms with Crippen LogP contribution < -0.4 is 5.56 Å². The van der Waals surface area contributed by atoms with Crippen LogP contribution in [0.1, 0.15) is 0 Å². The second-order valence-corrected chi connectivity index (χ2v) is 2.95. The van der Waals surface area contributed by atoms with Crippen molar-refractivity contribution in [1.29, 1.82) is 0 Å². The summed E-state index contributed by atoms with van der Waals surface area (Å²) in [6.07, 6.45) is 1.15. The van der Waals surface area contributed by atoms with E-state index in [9.17, 15) is 9.18 Å². The van der Waals surface area contributed by atoms with Crippen LogP contribution in [0.15, 0.2) is 23.3 Å². The highest BCUT2D eigenvalue weighted by molar-refractivity contribution is 6.31. The summed E-state index contributed by atoms with van der Waals surface area (Å²) < 4.78 is 13.1. The topological polar surface area (TPSA) is 45.8 Å². The third-order valence-corrected chi connectivity index (χ3v) is 1.88. The molecule has 66 valence electrons.